The largest absolute Gasteiger partial charge is 0.494 e. The summed E-state index contributed by atoms with van der Waals surface area (Å²) < 4.78 is 5.73. The third-order valence-electron chi connectivity index (χ3n) is 4.72. The molecule has 5 heteroatoms. The normalized spacial score (nSPS) is 15.7. The lowest BCUT2D eigenvalue weighted by molar-refractivity contribution is 0.241. The first kappa shape index (κ1) is 18.9. The quantitative estimate of drug-likeness (QED) is 0.632. The van der Waals surface area contributed by atoms with Crippen molar-refractivity contribution < 1.29 is 4.74 Å². The highest BCUT2D eigenvalue weighted by Crippen LogP contribution is 2.28. The summed E-state index contributed by atoms with van der Waals surface area (Å²) in [5, 5.41) is 14.4. The number of nitrogens with zero attached hydrogens (tertiary/aromatic N) is 2. The molecular formula is C21H27N3OS. The average molecular weight is 370 g/mol. The first-order valence-electron chi connectivity index (χ1n) is 9.43. The van der Waals surface area contributed by atoms with Gasteiger partial charge in [-0.25, -0.2) is 0 Å². The van der Waals surface area contributed by atoms with Crippen molar-refractivity contribution in [3.05, 3.63) is 52.2 Å². The van der Waals surface area contributed by atoms with Gasteiger partial charge in [-0.1, -0.05) is 18.2 Å². The molecule has 1 fully saturated rings. The second-order valence-corrected chi connectivity index (χ2v) is 7.64. The molecule has 1 N–H and O–H groups in total. The van der Waals surface area contributed by atoms with Gasteiger partial charge in [0.2, 0.25) is 0 Å². The fourth-order valence-corrected chi connectivity index (χ4v) is 4.24. The zero-order valence-corrected chi connectivity index (χ0v) is 16.0. The Hall–Kier alpha value is -1.87. The van der Waals surface area contributed by atoms with Crippen LogP contribution < -0.4 is 10.1 Å². The lowest BCUT2D eigenvalue weighted by Gasteiger charge is -2.27. The molecule has 0 spiro atoms. The number of nitrogens with one attached hydrogen (secondary N) is 1. The number of benzene rings is 1. The number of hydrogen-bond acceptors (Lipinski definition) is 5. The summed E-state index contributed by atoms with van der Waals surface area (Å²) in [6.07, 6.45) is 3.94. The molecule has 0 saturated carbocycles. The van der Waals surface area contributed by atoms with Gasteiger partial charge in [-0.3, -0.25) is 4.90 Å². The SMILES string of the molecule is N#CCCCOc1cccc(CNCC(c2cccs2)N2CCCC2)c1. The van der Waals surface area contributed by atoms with Crippen LogP contribution in [0.5, 0.6) is 5.75 Å². The lowest BCUT2D eigenvalue weighted by Crippen LogP contribution is -2.33. The Bertz CT molecular complexity index is 690. The Morgan fingerprint density at radius 2 is 2.12 bits per heavy atom. The minimum absolute atomic E-state index is 0.475. The second-order valence-electron chi connectivity index (χ2n) is 6.66. The van der Waals surface area contributed by atoms with Crippen LogP contribution in [0.3, 0.4) is 0 Å². The molecule has 1 unspecified atom stereocenters. The monoisotopic (exact) mass is 369 g/mol. The molecule has 1 aromatic heterocycles. The van der Waals surface area contributed by atoms with Gasteiger partial charge in [0.05, 0.1) is 18.7 Å². The summed E-state index contributed by atoms with van der Waals surface area (Å²) >= 11 is 1.86. The maximum Gasteiger partial charge on any atom is 0.119 e. The van der Waals surface area contributed by atoms with Gasteiger partial charge in [0.25, 0.3) is 0 Å². The summed E-state index contributed by atoms with van der Waals surface area (Å²) in [6, 6.07) is 15.3. The Morgan fingerprint density at radius 3 is 2.88 bits per heavy atom. The zero-order chi connectivity index (χ0) is 18.0. The van der Waals surface area contributed by atoms with Crippen LogP contribution in [0.1, 0.15) is 42.2 Å². The third kappa shape index (κ3) is 5.57. The molecular weight excluding hydrogens is 342 g/mol. The van der Waals surface area contributed by atoms with Crippen molar-refractivity contribution in [2.24, 2.45) is 0 Å². The Morgan fingerprint density at radius 1 is 1.23 bits per heavy atom. The lowest BCUT2D eigenvalue weighted by atomic mass is 10.2. The number of likely N-dealkylation sites (tertiary alicyclic amines) is 1. The van der Waals surface area contributed by atoms with E-state index in [0.29, 0.717) is 19.1 Å². The number of rotatable bonds is 10. The minimum Gasteiger partial charge on any atom is -0.494 e. The van der Waals surface area contributed by atoms with Crippen LogP contribution in [0.2, 0.25) is 0 Å². The summed E-state index contributed by atoms with van der Waals surface area (Å²) in [5.41, 5.74) is 1.23. The molecule has 0 radical (unpaired) electrons. The number of nitriles is 1. The van der Waals surface area contributed by atoms with Crippen molar-refractivity contribution in [3.8, 4) is 11.8 Å². The maximum atomic E-state index is 8.58. The van der Waals surface area contributed by atoms with E-state index in [9.17, 15) is 0 Å². The van der Waals surface area contributed by atoms with Crippen molar-refractivity contribution in [1.82, 2.24) is 10.2 Å². The molecule has 2 heterocycles. The molecule has 1 aliphatic rings. The van der Waals surface area contributed by atoms with Gasteiger partial charge in [0, 0.05) is 24.4 Å². The van der Waals surface area contributed by atoms with E-state index in [2.05, 4.69) is 45.9 Å². The molecule has 0 aliphatic carbocycles. The Kier molecular flexibility index (Phi) is 7.51. The van der Waals surface area contributed by atoms with E-state index in [1.165, 1.54) is 36.4 Å². The zero-order valence-electron chi connectivity index (χ0n) is 15.2. The molecule has 1 saturated heterocycles. The van der Waals surface area contributed by atoms with E-state index in [1.807, 2.05) is 23.5 Å². The fraction of sp³-hybridized carbons (Fsp3) is 0.476. The Balaban J connectivity index is 1.50. The molecule has 4 nitrogen and oxygen atoms in total. The number of ether oxygens (including phenoxy) is 1. The van der Waals surface area contributed by atoms with Crippen molar-refractivity contribution in [1.29, 1.82) is 5.26 Å². The molecule has 3 rings (SSSR count). The van der Waals surface area contributed by atoms with Gasteiger partial charge in [0.15, 0.2) is 0 Å². The number of thiophene rings is 1. The standard InChI is InChI=1S/C21H27N3OS/c22-10-1-4-13-25-19-8-5-7-18(15-19)16-23-17-20(21-9-6-14-26-21)24-11-2-3-12-24/h5-9,14-15,20,23H,1-4,11-13,16-17H2. The molecule has 2 aromatic rings. The van der Waals surface area contributed by atoms with Gasteiger partial charge >= 0.3 is 0 Å². The van der Waals surface area contributed by atoms with Crippen LogP contribution in [0.25, 0.3) is 0 Å². The third-order valence-corrected chi connectivity index (χ3v) is 5.69. The van der Waals surface area contributed by atoms with E-state index in [0.717, 1.165) is 25.3 Å². The van der Waals surface area contributed by atoms with Gasteiger partial charge < -0.3 is 10.1 Å². The predicted octanol–water partition coefficient (Wildman–Crippen LogP) is 4.36. The van der Waals surface area contributed by atoms with Gasteiger partial charge in [-0.05, 0) is 61.5 Å². The van der Waals surface area contributed by atoms with E-state index in [4.69, 9.17) is 10.00 Å². The maximum absolute atomic E-state index is 8.58. The Labute approximate surface area is 160 Å². The smallest absolute Gasteiger partial charge is 0.119 e. The second kappa shape index (κ2) is 10.3. The molecule has 0 amide bonds. The molecule has 1 aromatic carbocycles. The van der Waals surface area contributed by atoms with E-state index in [-0.39, 0.29) is 0 Å². The van der Waals surface area contributed by atoms with E-state index >= 15 is 0 Å². The number of unbranched alkanes of at least 4 members (excludes halogenated alkanes) is 1. The summed E-state index contributed by atoms with van der Waals surface area (Å²) in [4.78, 5) is 4.06. The molecule has 1 aliphatic heterocycles. The fourth-order valence-electron chi connectivity index (χ4n) is 3.38. The first-order valence-corrected chi connectivity index (χ1v) is 10.3. The first-order chi connectivity index (χ1) is 12.9. The predicted molar refractivity (Wildman–Crippen MR) is 106 cm³/mol. The van der Waals surface area contributed by atoms with Gasteiger partial charge in [-0.2, -0.15) is 5.26 Å². The van der Waals surface area contributed by atoms with E-state index in [1.54, 1.807) is 0 Å². The van der Waals surface area contributed by atoms with Gasteiger partial charge in [0.1, 0.15) is 5.75 Å². The molecule has 0 bridgehead atoms. The highest BCUT2D eigenvalue weighted by atomic mass is 32.1. The molecule has 138 valence electrons. The highest BCUT2D eigenvalue weighted by molar-refractivity contribution is 7.10. The summed E-state index contributed by atoms with van der Waals surface area (Å²) in [7, 11) is 0. The molecule has 1 atom stereocenters. The summed E-state index contributed by atoms with van der Waals surface area (Å²) in [6.45, 7) is 4.81. The summed E-state index contributed by atoms with van der Waals surface area (Å²) in [5.74, 6) is 0.886. The topological polar surface area (TPSA) is 48.3 Å². The van der Waals surface area contributed by atoms with Crippen molar-refractivity contribution in [2.45, 2.75) is 38.3 Å². The van der Waals surface area contributed by atoms with Crippen LogP contribution in [0.15, 0.2) is 41.8 Å². The van der Waals surface area contributed by atoms with Crippen LogP contribution in [0.4, 0.5) is 0 Å². The molecule has 26 heavy (non-hydrogen) atoms. The van der Waals surface area contributed by atoms with Crippen LogP contribution in [-0.4, -0.2) is 31.1 Å². The van der Waals surface area contributed by atoms with E-state index < -0.39 is 0 Å². The van der Waals surface area contributed by atoms with Crippen molar-refractivity contribution >= 4 is 11.3 Å². The van der Waals surface area contributed by atoms with Crippen LogP contribution in [0, 0.1) is 11.3 Å². The number of hydrogen-bond donors (Lipinski definition) is 1. The van der Waals surface area contributed by atoms with Crippen LogP contribution >= 0.6 is 11.3 Å². The minimum atomic E-state index is 0.475. The average Bonchev–Trinajstić information content (AvgIpc) is 3.37. The van der Waals surface area contributed by atoms with Crippen LogP contribution in [-0.2, 0) is 6.54 Å². The van der Waals surface area contributed by atoms with Crippen molar-refractivity contribution in [2.75, 3.05) is 26.2 Å². The van der Waals surface area contributed by atoms with Crippen molar-refractivity contribution in [3.63, 3.8) is 0 Å². The van der Waals surface area contributed by atoms with Gasteiger partial charge in [-0.15, -0.1) is 11.3 Å². The highest BCUT2D eigenvalue weighted by Gasteiger charge is 2.23.